The van der Waals surface area contributed by atoms with E-state index in [0.29, 0.717) is 5.82 Å². The van der Waals surface area contributed by atoms with Gasteiger partial charge in [-0.3, -0.25) is 4.79 Å². The first-order valence-electron chi connectivity index (χ1n) is 5.48. The fourth-order valence-corrected chi connectivity index (χ4v) is 1.74. The number of aromatic nitrogens is 2. The first-order valence-corrected chi connectivity index (χ1v) is 5.48. The molecule has 1 unspecified atom stereocenters. The van der Waals surface area contributed by atoms with Crippen molar-refractivity contribution in [2.24, 2.45) is 5.92 Å². The van der Waals surface area contributed by atoms with Crippen LogP contribution in [-0.4, -0.2) is 15.9 Å². The fraction of sp³-hybridized carbons (Fsp3) is 0.333. The maximum atomic E-state index is 11.9. The van der Waals surface area contributed by atoms with Crippen molar-refractivity contribution in [1.82, 2.24) is 9.97 Å². The number of rotatable bonds is 2. The average Bonchev–Trinajstić information content (AvgIpc) is 2.40. The molecule has 0 aromatic carbocycles. The first kappa shape index (κ1) is 11.3. The van der Waals surface area contributed by atoms with Crippen LogP contribution in [0.3, 0.4) is 0 Å². The summed E-state index contributed by atoms with van der Waals surface area (Å²) in [7, 11) is 0. The lowest BCUT2D eigenvalue weighted by atomic mass is 9.94. The van der Waals surface area contributed by atoms with Crippen LogP contribution >= 0.6 is 0 Å². The topological polar surface area (TPSA) is 78.7 Å². The van der Waals surface area contributed by atoms with Crippen LogP contribution in [0.5, 0.6) is 0 Å². The van der Waals surface area contributed by atoms with E-state index < -0.39 is 0 Å². The third kappa shape index (κ3) is 2.88. The van der Waals surface area contributed by atoms with Gasteiger partial charge in [-0.2, -0.15) is 5.26 Å². The number of anilines is 1. The number of nitrogens with one attached hydrogen (secondary N) is 1. The summed E-state index contributed by atoms with van der Waals surface area (Å²) < 4.78 is 0. The number of hydrogen-bond acceptors (Lipinski definition) is 4. The second-order valence-electron chi connectivity index (χ2n) is 3.85. The Morgan fingerprint density at radius 2 is 2.41 bits per heavy atom. The molecular weight excluding hydrogens is 216 g/mol. The highest BCUT2D eigenvalue weighted by Crippen LogP contribution is 2.19. The van der Waals surface area contributed by atoms with Gasteiger partial charge in [-0.25, -0.2) is 9.97 Å². The number of allylic oxidation sites excluding steroid dienone is 2. The van der Waals surface area contributed by atoms with E-state index in [0.717, 1.165) is 19.3 Å². The monoisotopic (exact) mass is 228 g/mol. The number of carbonyl (C=O) groups is 1. The summed E-state index contributed by atoms with van der Waals surface area (Å²) in [4.78, 5) is 19.5. The van der Waals surface area contributed by atoms with Crippen LogP contribution < -0.4 is 5.32 Å². The Morgan fingerprint density at radius 3 is 3.12 bits per heavy atom. The molecule has 0 spiro atoms. The molecule has 0 saturated heterocycles. The van der Waals surface area contributed by atoms with Gasteiger partial charge in [-0.05, 0) is 25.3 Å². The predicted octanol–water partition coefficient (Wildman–Crippen LogP) is 1.64. The Kier molecular flexibility index (Phi) is 3.46. The smallest absolute Gasteiger partial charge is 0.234 e. The van der Waals surface area contributed by atoms with Gasteiger partial charge in [-0.15, -0.1) is 0 Å². The molecule has 1 aliphatic rings. The molecular formula is C12H12N4O. The van der Waals surface area contributed by atoms with E-state index in [1.165, 1.54) is 6.20 Å². The second kappa shape index (κ2) is 5.21. The molecule has 0 aliphatic heterocycles. The Bertz CT molecular complexity index is 490. The molecule has 2 rings (SSSR count). The highest BCUT2D eigenvalue weighted by molar-refractivity contribution is 5.91. The third-order valence-electron chi connectivity index (χ3n) is 2.65. The van der Waals surface area contributed by atoms with Crippen LogP contribution in [0.2, 0.25) is 0 Å². The van der Waals surface area contributed by atoms with Crippen LogP contribution in [0.15, 0.2) is 24.4 Å². The number of hydrogen-bond donors (Lipinski definition) is 1. The highest BCUT2D eigenvalue weighted by atomic mass is 16.1. The lowest BCUT2D eigenvalue weighted by Crippen LogP contribution is -2.24. The van der Waals surface area contributed by atoms with Crippen molar-refractivity contribution in [1.29, 1.82) is 5.26 Å². The molecule has 0 saturated carbocycles. The van der Waals surface area contributed by atoms with Crippen LogP contribution in [-0.2, 0) is 4.79 Å². The van der Waals surface area contributed by atoms with Crippen molar-refractivity contribution in [2.45, 2.75) is 19.3 Å². The summed E-state index contributed by atoms with van der Waals surface area (Å²) in [5.74, 6) is 0.403. The van der Waals surface area contributed by atoms with Gasteiger partial charge < -0.3 is 5.32 Å². The Labute approximate surface area is 99.2 Å². The Morgan fingerprint density at radius 1 is 1.53 bits per heavy atom. The van der Waals surface area contributed by atoms with E-state index in [1.54, 1.807) is 6.07 Å². The first-order chi connectivity index (χ1) is 8.29. The molecule has 86 valence electrons. The van der Waals surface area contributed by atoms with E-state index >= 15 is 0 Å². The molecule has 0 radical (unpaired) electrons. The van der Waals surface area contributed by atoms with Gasteiger partial charge in [0.1, 0.15) is 11.9 Å². The van der Waals surface area contributed by atoms with E-state index in [-0.39, 0.29) is 17.6 Å². The molecule has 1 N–H and O–H groups in total. The predicted molar refractivity (Wildman–Crippen MR) is 61.9 cm³/mol. The van der Waals surface area contributed by atoms with Crippen molar-refractivity contribution in [3.05, 3.63) is 30.2 Å². The van der Waals surface area contributed by atoms with E-state index in [4.69, 9.17) is 5.26 Å². The zero-order chi connectivity index (χ0) is 12.1. The Hall–Kier alpha value is -2.22. The zero-order valence-electron chi connectivity index (χ0n) is 9.26. The molecule has 1 amide bonds. The maximum Gasteiger partial charge on any atom is 0.234 e. The van der Waals surface area contributed by atoms with Gasteiger partial charge in [0.05, 0.1) is 0 Å². The molecule has 17 heavy (non-hydrogen) atoms. The van der Waals surface area contributed by atoms with Crippen molar-refractivity contribution in [3.63, 3.8) is 0 Å². The molecule has 1 aromatic rings. The van der Waals surface area contributed by atoms with Gasteiger partial charge >= 0.3 is 0 Å². The summed E-state index contributed by atoms with van der Waals surface area (Å²) in [6.45, 7) is 0. The zero-order valence-corrected chi connectivity index (χ0v) is 9.26. The number of carbonyl (C=O) groups excluding carboxylic acids is 1. The number of nitrogens with zero attached hydrogens (tertiary/aromatic N) is 3. The van der Waals surface area contributed by atoms with Crippen molar-refractivity contribution in [2.75, 3.05) is 5.32 Å². The highest BCUT2D eigenvalue weighted by Gasteiger charge is 2.19. The maximum absolute atomic E-state index is 11.9. The second-order valence-corrected chi connectivity index (χ2v) is 3.85. The van der Waals surface area contributed by atoms with E-state index in [1.807, 2.05) is 12.1 Å². The van der Waals surface area contributed by atoms with Gasteiger partial charge in [0.2, 0.25) is 11.7 Å². The van der Waals surface area contributed by atoms with Gasteiger partial charge in [0.15, 0.2) is 0 Å². The third-order valence-corrected chi connectivity index (χ3v) is 2.65. The molecule has 0 fully saturated rings. The summed E-state index contributed by atoms with van der Waals surface area (Å²) >= 11 is 0. The van der Waals surface area contributed by atoms with Crippen molar-refractivity contribution >= 4 is 11.7 Å². The van der Waals surface area contributed by atoms with Gasteiger partial charge in [-0.1, -0.05) is 12.2 Å². The fourth-order valence-electron chi connectivity index (χ4n) is 1.74. The van der Waals surface area contributed by atoms with Crippen LogP contribution in [0.4, 0.5) is 5.82 Å². The molecule has 5 heteroatoms. The Balaban J connectivity index is 2.02. The van der Waals surface area contributed by atoms with Gasteiger partial charge in [0, 0.05) is 12.1 Å². The van der Waals surface area contributed by atoms with Crippen LogP contribution in [0.25, 0.3) is 0 Å². The summed E-state index contributed by atoms with van der Waals surface area (Å²) in [6, 6.07) is 3.42. The quantitative estimate of drug-likeness (QED) is 0.780. The van der Waals surface area contributed by atoms with Crippen LogP contribution in [0.1, 0.15) is 25.1 Å². The normalized spacial score (nSPS) is 18.4. The number of nitriles is 1. The minimum absolute atomic E-state index is 0.000464. The van der Waals surface area contributed by atoms with Crippen molar-refractivity contribution in [3.8, 4) is 6.07 Å². The lowest BCUT2D eigenvalue weighted by molar-refractivity contribution is -0.120. The van der Waals surface area contributed by atoms with E-state index in [9.17, 15) is 4.79 Å². The molecule has 5 nitrogen and oxygen atoms in total. The van der Waals surface area contributed by atoms with Gasteiger partial charge in [0.25, 0.3) is 0 Å². The summed E-state index contributed by atoms with van der Waals surface area (Å²) in [6.07, 6.45) is 8.13. The number of amides is 1. The molecule has 1 aliphatic carbocycles. The summed E-state index contributed by atoms with van der Waals surface area (Å²) in [5.41, 5.74) is 0. The molecule has 1 heterocycles. The summed E-state index contributed by atoms with van der Waals surface area (Å²) in [5, 5.41) is 11.4. The SMILES string of the molecule is N#Cc1nccc(NC(=O)C2CC=CCC2)n1. The van der Waals surface area contributed by atoms with E-state index in [2.05, 4.69) is 21.4 Å². The minimum atomic E-state index is -0.0445. The minimum Gasteiger partial charge on any atom is -0.310 e. The molecule has 0 bridgehead atoms. The van der Waals surface area contributed by atoms with Crippen molar-refractivity contribution < 1.29 is 4.79 Å². The molecule has 1 atom stereocenters. The largest absolute Gasteiger partial charge is 0.310 e. The standard InChI is InChI=1S/C12H12N4O/c13-8-11-14-7-6-10(15-11)16-12(17)9-4-2-1-3-5-9/h1-2,6-7,9H,3-5H2,(H,14,15,16,17). The average molecular weight is 228 g/mol. The lowest BCUT2D eigenvalue weighted by Gasteiger charge is -2.16. The molecule has 1 aromatic heterocycles. The van der Waals surface area contributed by atoms with Crippen LogP contribution in [0, 0.1) is 17.2 Å².